The number of nitrogens with one attached hydrogen (secondary N) is 1. The van der Waals surface area contributed by atoms with Crippen molar-refractivity contribution in [2.24, 2.45) is 16.6 Å². The molecule has 1 fully saturated rings. The Kier molecular flexibility index (Phi) is 10.9. The van der Waals surface area contributed by atoms with Crippen molar-refractivity contribution in [3.05, 3.63) is 0 Å². The van der Waals surface area contributed by atoms with E-state index in [4.69, 9.17) is 5.73 Å². The van der Waals surface area contributed by atoms with E-state index in [0.717, 1.165) is 57.8 Å². The minimum atomic E-state index is -0.195. The van der Waals surface area contributed by atoms with E-state index in [1.807, 2.05) is 0 Å². The Balaban J connectivity index is 0.00000361. The number of aliphatic imine (C=N–C) groups is 1. The third-order valence-electron chi connectivity index (χ3n) is 3.42. The summed E-state index contributed by atoms with van der Waals surface area (Å²) in [7, 11) is 0. The van der Waals surface area contributed by atoms with Gasteiger partial charge in [0.15, 0.2) is 5.96 Å². The number of likely N-dealkylation sites (tertiary alicyclic amines) is 1. The van der Waals surface area contributed by atoms with Crippen LogP contribution in [-0.2, 0) is 4.79 Å². The van der Waals surface area contributed by atoms with Crippen LogP contribution in [0.25, 0.3) is 0 Å². The summed E-state index contributed by atoms with van der Waals surface area (Å²) in [5.74, 6) is 1.17. The minimum absolute atomic E-state index is 0. The highest BCUT2D eigenvalue weighted by atomic mass is 127. The van der Waals surface area contributed by atoms with Gasteiger partial charge in [0.05, 0.1) is 0 Å². The number of primary amides is 1. The summed E-state index contributed by atoms with van der Waals surface area (Å²) in [6, 6.07) is 0. The molecule has 1 rings (SSSR count). The fraction of sp³-hybridized carbons (Fsp3) is 0.857. The number of unbranched alkanes of at least 4 members (excludes halogenated alkanes) is 1. The van der Waals surface area contributed by atoms with E-state index in [1.54, 1.807) is 0 Å². The van der Waals surface area contributed by atoms with Crippen molar-refractivity contribution in [2.75, 3.05) is 26.2 Å². The van der Waals surface area contributed by atoms with Crippen LogP contribution in [0.2, 0.25) is 0 Å². The van der Waals surface area contributed by atoms with Crippen LogP contribution in [0.15, 0.2) is 4.99 Å². The zero-order chi connectivity index (χ0) is 14.1. The number of hydrogen-bond acceptors (Lipinski definition) is 2. The zero-order valence-electron chi connectivity index (χ0n) is 12.7. The third-order valence-corrected chi connectivity index (χ3v) is 3.42. The predicted molar refractivity (Wildman–Crippen MR) is 94.4 cm³/mol. The van der Waals surface area contributed by atoms with Crippen molar-refractivity contribution in [2.45, 2.75) is 46.0 Å². The second-order valence-electron chi connectivity index (χ2n) is 5.21. The van der Waals surface area contributed by atoms with Gasteiger partial charge in [-0.05, 0) is 32.1 Å². The standard InChI is InChI=1S/C14H28N4O.HI/c1-3-5-8-17-14(16-4-2)18-9-6-7-12(11-18)10-13(15)19;/h12H,3-11H2,1-2H3,(H2,15,19)(H,16,17);1H. The first-order valence-electron chi connectivity index (χ1n) is 7.48. The molecule has 3 N–H and O–H groups in total. The smallest absolute Gasteiger partial charge is 0.217 e. The highest BCUT2D eigenvalue weighted by Gasteiger charge is 2.23. The molecular weight excluding hydrogens is 367 g/mol. The summed E-state index contributed by atoms with van der Waals surface area (Å²) in [5.41, 5.74) is 5.30. The molecule has 1 atom stereocenters. The van der Waals surface area contributed by atoms with E-state index in [9.17, 15) is 4.79 Å². The molecule has 0 aliphatic carbocycles. The Bertz CT molecular complexity index is 310. The third kappa shape index (κ3) is 7.31. The number of nitrogens with zero attached hydrogens (tertiary/aromatic N) is 2. The maximum absolute atomic E-state index is 11.0. The van der Waals surface area contributed by atoms with Gasteiger partial charge in [0.1, 0.15) is 0 Å². The molecular formula is C14H29IN4O. The molecule has 6 heteroatoms. The monoisotopic (exact) mass is 396 g/mol. The van der Waals surface area contributed by atoms with Gasteiger partial charge in [0, 0.05) is 32.6 Å². The largest absolute Gasteiger partial charge is 0.370 e. The van der Waals surface area contributed by atoms with Gasteiger partial charge >= 0.3 is 0 Å². The van der Waals surface area contributed by atoms with Crippen molar-refractivity contribution < 1.29 is 4.79 Å². The fourth-order valence-corrected chi connectivity index (χ4v) is 2.48. The maximum atomic E-state index is 11.0. The van der Waals surface area contributed by atoms with Gasteiger partial charge in [-0.25, -0.2) is 0 Å². The lowest BCUT2D eigenvalue weighted by Crippen LogP contribution is -2.47. The van der Waals surface area contributed by atoms with Crippen molar-refractivity contribution in [3.8, 4) is 0 Å². The van der Waals surface area contributed by atoms with E-state index in [-0.39, 0.29) is 29.9 Å². The molecule has 1 unspecified atom stereocenters. The predicted octanol–water partition coefficient (Wildman–Crippen LogP) is 1.96. The number of nitrogens with two attached hydrogens (primary N) is 1. The molecule has 0 spiro atoms. The van der Waals surface area contributed by atoms with Crippen LogP contribution in [-0.4, -0.2) is 42.9 Å². The first kappa shape index (κ1) is 19.5. The number of carbonyl (C=O) groups is 1. The molecule has 0 radical (unpaired) electrons. The maximum Gasteiger partial charge on any atom is 0.217 e. The Morgan fingerprint density at radius 2 is 2.20 bits per heavy atom. The van der Waals surface area contributed by atoms with Crippen molar-refractivity contribution >= 4 is 35.8 Å². The topological polar surface area (TPSA) is 70.7 Å². The van der Waals surface area contributed by atoms with Gasteiger partial charge in [-0.3, -0.25) is 9.79 Å². The minimum Gasteiger partial charge on any atom is -0.370 e. The van der Waals surface area contributed by atoms with Crippen LogP contribution in [0.1, 0.15) is 46.0 Å². The molecule has 5 nitrogen and oxygen atoms in total. The number of amides is 1. The summed E-state index contributed by atoms with van der Waals surface area (Å²) in [5, 5.41) is 3.34. The molecule has 0 bridgehead atoms. The van der Waals surface area contributed by atoms with E-state index < -0.39 is 0 Å². The van der Waals surface area contributed by atoms with Crippen molar-refractivity contribution in [1.82, 2.24) is 10.2 Å². The second kappa shape index (κ2) is 11.2. The quantitative estimate of drug-likeness (QED) is 0.312. The van der Waals surface area contributed by atoms with Crippen LogP contribution in [0.3, 0.4) is 0 Å². The second-order valence-corrected chi connectivity index (χ2v) is 5.21. The molecule has 118 valence electrons. The highest BCUT2D eigenvalue weighted by molar-refractivity contribution is 14.0. The number of rotatable bonds is 6. The Morgan fingerprint density at radius 3 is 2.80 bits per heavy atom. The van der Waals surface area contributed by atoms with E-state index >= 15 is 0 Å². The van der Waals surface area contributed by atoms with E-state index in [1.165, 1.54) is 0 Å². The molecule has 0 aromatic rings. The summed E-state index contributed by atoms with van der Waals surface area (Å²) in [6.45, 7) is 7.91. The van der Waals surface area contributed by atoms with Gasteiger partial charge in [-0.15, -0.1) is 24.0 Å². The fourth-order valence-electron chi connectivity index (χ4n) is 2.48. The molecule has 20 heavy (non-hydrogen) atoms. The van der Waals surface area contributed by atoms with Gasteiger partial charge in [0.25, 0.3) is 0 Å². The van der Waals surface area contributed by atoms with Crippen LogP contribution in [0.5, 0.6) is 0 Å². The average molecular weight is 396 g/mol. The Labute approximate surface area is 139 Å². The van der Waals surface area contributed by atoms with Gasteiger partial charge in [-0.1, -0.05) is 13.3 Å². The SMILES string of the molecule is CCCCN=C(NCC)N1CCCC(CC(N)=O)C1.I. The van der Waals surface area contributed by atoms with Crippen LogP contribution < -0.4 is 11.1 Å². The molecule has 1 saturated heterocycles. The number of carbonyl (C=O) groups excluding carboxylic acids is 1. The number of guanidine groups is 1. The van der Waals surface area contributed by atoms with E-state index in [0.29, 0.717) is 12.3 Å². The lowest BCUT2D eigenvalue weighted by Gasteiger charge is -2.34. The van der Waals surface area contributed by atoms with Gasteiger partial charge < -0.3 is 16.0 Å². The molecule has 1 heterocycles. The van der Waals surface area contributed by atoms with Crippen LogP contribution in [0, 0.1) is 5.92 Å². The zero-order valence-corrected chi connectivity index (χ0v) is 15.1. The Morgan fingerprint density at radius 1 is 1.45 bits per heavy atom. The number of hydrogen-bond donors (Lipinski definition) is 2. The normalized spacial score (nSPS) is 19.4. The molecule has 0 aromatic carbocycles. The van der Waals surface area contributed by atoms with Crippen molar-refractivity contribution in [1.29, 1.82) is 0 Å². The first-order valence-corrected chi connectivity index (χ1v) is 7.48. The summed E-state index contributed by atoms with van der Waals surface area (Å²) in [4.78, 5) is 18.0. The summed E-state index contributed by atoms with van der Waals surface area (Å²) >= 11 is 0. The highest BCUT2D eigenvalue weighted by Crippen LogP contribution is 2.19. The van der Waals surface area contributed by atoms with Crippen LogP contribution >= 0.6 is 24.0 Å². The number of piperidine rings is 1. The van der Waals surface area contributed by atoms with Crippen LogP contribution in [0.4, 0.5) is 0 Å². The molecule has 1 aliphatic rings. The Hall–Kier alpha value is -0.530. The summed E-state index contributed by atoms with van der Waals surface area (Å²) < 4.78 is 0. The van der Waals surface area contributed by atoms with Gasteiger partial charge in [0.2, 0.25) is 5.91 Å². The van der Waals surface area contributed by atoms with Crippen molar-refractivity contribution in [3.63, 3.8) is 0 Å². The average Bonchev–Trinajstić information content (AvgIpc) is 2.37. The van der Waals surface area contributed by atoms with E-state index in [2.05, 4.69) is 29.1 Å². The molecule has 1 aliphatic heterocycles. The first-order chi connectivity index (χ1) is 9.17. The lowest BCUT2D eigenvalue weighted by molar-refractivity contribution is -0.119. The molecule has 0 saturated carbocycles. The lowest BCUT2D eigenvalue weighted by atomic mass is 9.95. The molecule has 0 aromatic heterocycles. The summed E-state index contributed by atoms with van der Waals surface area (Å²) in [6.07, 6.45) is 4.97. The number of halogens is 1. The van der Waals surface area contributed by atoms with Gasteiger partial charge in [-0.2, -0.15) is 0 Å². The molecule has 1 amide bonds.